The zero-order valence-electron chi connectivity index (χ0n) is 11.4. The number of anilines is 1. The van der Waals surface area contributed by atoms with E-state index >= 15 is 0 Å². The summed E-state index contributed by atoms with van der Waals surface area (Å²) in [5.41, 5.74) is 7.89. The van der Waals surface area contributed by atoms with E-state index < -0.39 is 0 Å². The topological polar surface area (TPSA) is 42.2 Å². The lowest BCUT2D eigenvalue weighted by Crippen LogP contribution is -2.40. The number of hydrogen-bond donors (Lipinski definition) is 1. The lowest BCUT2D eigenvalue weighted by Gasteiger charge is -2.37. The Hall–Kier alpha value is -0.610. The fourth-order valence-electron chi connectivity index (χ4n) is 3.16. The van der Waals surface area contributed by atoms with Crippen molar-refractivity contribution in [1.82, 2.24) is 4.98 Å². The zero-order chi connectivity index (χ0) is 12.8. The van der Waals surface area contributed by atoms with Gasteiger partial charge in [-0.25, -0.2) is 4.98 Å². The molecule has 2 aliphatic rings. The second kappa shape index (κ2) is 4.49. The molecule has 0 bridgehead atoms. The fourth-order valence-corrected chi connectivity index (χ4v) is 4.33. The summed E-state index contributed by atoms with van der Waals surface area (Å²) in [6, 6.07) is 0.234. The van der Waals surface area contributed by atoms with E-state index in [0.717, 1.165) is 25.9 Å². The molecule has 18 heavy (non-hydrogen) atoms. The highest BCUT2D eigenvalue weighted by Gasteiger charge is 2.30. The van der Waals surface area contributed by atoms with Crippen LogP contribution in [0.4, 0.5) is 5.13 Å². The van der Waals surface area contributed by atoms with Crippen LogP contribution in [0.3, 0.4) is 0 Å². The maximum Gasteiger partial charge on any atom is 0.185 e. The molecular weight excluding hydrogens is 242 g/mol. The Balaban J connectivity index is 1.84. The Morgan fingerprint density at radius 1 is 1.39 bits per heavy atom. The van der Waals surface area contributed by atoms with E-state index in [1.54, 1.807) is 0 Å². The first-order chi connectivity index (χ1) is 8.55. The highest BCUT2D eigenvalue weighted by atomic mass is 32.1. The summed E-state index contributed by atoms with van der Waals surface area (Å²) in [5, 5.41) is 1.21. The summed E-state index contributed by atoms with van der Waals surface area (Å²) in [6.07, 6.45) is 6.05. The summed E-state index contributed by atoms with van der Waals surface area (Å²) in [6.45, 7) is 7.01. The van der Waals surface area contributed by atoms with Crippen LogP contribution < -0.4 is 10.6 Å². The van der Waals surface area contributed by atoms with Gasteiger partial charge in [-0.05, 0) is 37.5 Å². The third-order valence-corrected chi connectivity index (χ3v) is 5.44. The first-order valence-corrected chi connectivity index (χ1v) is 7.87. The van der Waals surface area contributed by atoms with Crippen molar-refractivity contribution in [3.05, 3.63) is 10.6 Å². The van der Waals surface area contributed by atoms with E-state index in [2.05, 4.69) is 18.7 Å². The van der Waals surface area contributed by atoms with Gasteiger partial charge in [0.15, 0.2) is 5.13 Å². The van der Waals surface area contributed by atoms with E-state index in [0.29, 0.717) is 5.41 Å². The number of rotatable bonds is 1. The molecule has 3 rings (SSSR count). The molecule has 2 heterocycles. The number of nitrogens with two attached hydrogens (primary N) is 1. The zero-order valence-corrected chi connectivity index (χ0v) is 12.2. The predicted octanol–water partition coefficient (Wildman–Crippen LogP) is 3.11. The van der Waals surface area contributed by atoms with Crippen molar-refractivity contribution in [3.8, 4) is 0 Å². The number of nitrogens with zero attached hydrogens (tertiary/aromatic N) is 2. The summed E-state index contributed by atoms with van der Waals surface area (Å²) in [5.74, 6) is 0. The third kappa shape index (κ3) is 2.28. The molecule has 1 aliphatic heterocycles. The van der Waals surface area contributed by atoms with Crippen molar-refractivity contribution < 1.29 is 0 Å². The predicted molar refractivity (Wildman–Crippen MR) is 77.2 cm³/mol. The van der Waals surface area contributed by atoms with Gasteiger partial charge >= 0.3 is 0 Å². The van der Waals surface area contributed by atoms with Gasteiger partial charge in [-0.2, -0.15) is 0 Å². The first-order valence-electron chi connectivity index (χ1n) is 7.05. The smallest absolute Gasteiger partial charge is 0.185 e. The van der Waals surface area contributed by atoms with E-state index in [-0.39, 0.29) is 6.04 Å². The Kier molecular flexibility index (Phi) is 3.10. The average Bonchev–Trinajstić information content (AvgIpc) is 2.73. The lowest BCUT2D eigenvalue weighted by atomic mass is 9.84. The lowest BCUT2D eigenvalue weighted by molar-refractivity contribution is 0.293. The van der Waals surface area contributed by atoms with Crippen LogP contribution in [-0.2, 0) is 6.42 Å². The monoisotopic (exact) mass is 265 g/mol. The second-order valence-corrected chi connectivity index (χ2v) is 7.50. The molecule has 0 radical (unpaired) electrons. The number of fused-ring (bicyclic) bond motifs is 1. The van der Waals surface area contributed by atoms with Gasteiger partial charge in [0, 0.05) is 24.0 Å². The van der Waals surface area contributed by atoms with Crippen molar-refractivity contribution in [2.24, 2.45) is 11.1 Å². The first kappa shape index (κ1) is 12.4. The molecule has 1 fully saturated rings. The number of piperidine rings is 1. The number of thiazole rings is 1. The van der Waals surface area contributed by atoms with Gasteiger partial charge in [0.2, 0.25) is 0 Å². The van der Waals surface area contributed by atoms with Crippen LogP contribution in [0.1, 0.15) is 56.1 Å². The quantitative estimate of drug-likeness (QED) is 0.848. The molecule has 1 atom stereocenters. The van der Waals surface area contributed by atoms with Crippen molar-refractivity contribution in [2.45, 2.75) is 52.0 Å². The molecule has 4 heteroatoms. The van der Waals surface area contributed by atoms with Gasteiger partial charge < -0.3 is 10.6 Å². The molecule has 1 aromatic rings. The van der Waals surface area contributed by atoms with Crippen LogP contribution in [0.15, 0.2) is 0 Å². The minimum absolute atomic E-state index is 0.234. The van der Waals surface area contributed by atoms with Gasteiger partial charge in [-0.3, -0.25) is 0 Å². The van der Waals surface area contributed by atoms with Crippen LogP contribution in [0.2, 0.25) is 0 Å². The molecule has 1 saturated heterocycles. The molecule has 0 saturated carbocycles. The number of aromatic nitrogens is 1. The summed E-state index contributed by atoms with van der Waals surface area (Å²) >= 11 is 1.84. The molecule has 0 aromatic carbocycles. The van der Waals surface area contributed by atoms with E-state index in [1.165, 1.54) is 35.0 Å². The third-order valence-electron chi connectivity index (χ3n) is 4.15. The van der Waals surface area contributed by atoms with Gasteiger partial charge in [0.1, 0.15) is 0 Å². The van der Waals surface area contributed by atoms with Crippen molar-refractivity contribution >= 4 is 16.5 Å². The largest absolute Gasteiger partial charge is 0.348 e. The van der Waals surface area contributed by atoms with E-state index in [4.69, 9.17) is 10.7 Å². The van der Waals surface area contributed by atoms with Crippen LogP contribution in [0.5, 0.6) is 0 Å². The Morgan fingerprint density at radius 2 is 2.22 bits per heavy atom. The SMILES string of the molecule is CC1(C)CCCN(c2nc3c(s2)C(N)CCC3)C1. The van der Waals surface area contributed by atoms with Crippen molar-refractivity contribution in [3.63, 3.8) is 0 Å². The van der Waals surface area contributed by atoms with Crippen LogP contribution >= 0.6 is 11.3 Å². The van der Waals surface area contributed by atoms with Crippen molar-refractivity contribution in [1.29, 1.82) is 0 Å². The maximum absolute atomic E-state index is 6.19. The molecule has 1 unspecified atom stereocenters. The minimum Gasteiger partial charge on any atom is -0.348 e. The molecule has 2 N–H and O–H groups in total. The number of aryl methyl sites for hydroxylation is 1. The molecular formula is C14H23N3S. The summed E-state index contributed by atoms with van der Waals surface area (Å²) < 4.78 is 0. The van der Waals surface area contributed by atoms with Gasteiger partial charge in [0.25, 0.3) is 0 Å². The van der Waals surface area contributed by atoms with E-state index in [1.807, 2.05) is 11.3 Å². The standard InChI is InChI=1S/C14H23N3S/c1-14(2)7-4-8-17(9-14)13-16-11-6-3-5-10(15)12(11)18-13/h10H,3-9,15H2,1-2H3. The highest BCUT2D eigenvalue weighted by molar-refractivity contribution is 7.15. The van der Waals surface area contributed by atoms with Gasteiger partial charge in [0.05, 0.1) is 5.69 Å². The molecule has 0 amide bonds. The van der Waals surface area contributed by atoms with Gasteiger partial charge in [-0.1, -0.05) is 25.2 Å². The highest BCUT2D eigenvalue weighted by Crippen LogP contribution is 2.39. The fraction of sp³-hybridized carbons (Fsp3) is 0.786. The van der Waals surface area contributed by atoms with Crippen molar-refractivity contribution in [2.75, 3.05) is 18.0 Å². The van der Waals surface area contributed by atoms with Gasteiger partial charge in [-0.15, -0.1) is 0 Å². The average molecular weight is 265 g/mol. The van der Waals surface area contributed by atoms with Crippen LogP contribution in [-0.4, -0.2) is 18.1 Å². The molecule has 1 aliphatic carbocycles. The number of hydrogen-bond acceptors (Lipinski definition) is 4. The Labute approximate surface area is 113 Å². The maximum atomic E-state index is 6.19. The van der Waals surface area contributed by atoms with E-state index in [9.17, 15) is 0 Å². The molecule has 3 nitrogen and oxygen atoms in total. The normalized spacial score (nSPS) is 27.1. The molecule has 0 spiro atoms. The minimum atomic E-state index is 0.234. The molecule has 1 aromatic heterocycles. The Morgan fingerprint density at radius 3 is 2.94 bits per heavy atom. The van der Waals surface area contributed by atoms with Crippen LogP contribution in [0, 0.1) is 5.41 Å². The van der Waals surface area contributed by atoms with Crippen LogP contribution in [0.25, 0.3) is 0 Å². The second-order valence-electron chi connectivity index (χ2n) is 6.50. The molecule has 100 valence electrons. The summed E-state index contributed by atoms with van der Waals surface area (Å²) in [7, 11) is 0. The Bertz CT molecular complexity index is 438. The summed E-state index contributed by atoms with van der Waals surface area (Å²) in [4.78, 5) is 8.67.